The Labute approximate surface area is 85.0 Å². The van der Waals surface area contributed by atoms with Gasteiger partial charge in [0.15, 0.2) is 0 Å². The van der Waals surface area contributed by atoms with Gasteiger partial charge in [0, 0.05) is 10.6 Å². The predicted octanol–water partition coefficient (Wildman–Crippen LogP) is 1.88. The first kappa shape index (κ1) is 10.2. The van der Waals surface area contributed by atoms with Gasteiger partial charge in [-0.1, -0.05) is 16.8 Å². The summed E-state index contributed by atoms with van der Waals surface area (Å²) >= 11 is 5.61. The molecule has 0 aromatic heterocycles. The molecule has 0 fully saturated rings. The number of hydrogen-bond donors (Lipinski definition) is 1. The lowest BCUT2D eigenvalue weighted by Gasteiger charge is -1.96. The molecular formula is C9H5ClN2O2. The predicted molar refractivity (Wildman–Crippen MR) is 50.6 cm³/mol. The van der Waals surface area contributed by atoms with Crippen LogP contribution in [-0.4, -0.2) is 16.7 Å². The SMILES string of the molecule is N#C/C(=N\O)C(=O)c1ccc(Cl)cc1. The number of benzene rings is 1. The van der Waals surface area contributed by atoms with E-state index in [9.17, 15) is 4.79 Å². The van der Waals surface area contributed by atoms with Gasteiger partial charge < -0.3 is 5.21 Å². The average molecular weight is 209 g/mol. The molecule has 0 atom stereocenters. The zero-order valence-corrected chi connectivity index (χ0v) is 7.69. The van der Waals surface area contributed by atoms with E-state index in [1.807, 2.05) is 0 Å². The number of hydrogen-bond acceptors (Lipinski definition) is 4. The van der Waals surface area contributed by atoms with Gasteiger partial charge in [0.1, 0.15) is 6.07 Å². The third-order valence-corrected chi connectivity index (χ3v) is 1.78. The van der Waals surface area contributed by atoms with Crippen molar-refractivity contribution in [2.75, 3.05) is 0 Å². The largest absolute Gasteiger partial charge is 0.410 e. The van der Waals surface area contributed by atoms with Gasteiger partial charge in [-0.15, -0.1) is 0 Å². The van der Waals surface area contributed by atoms with Gasteiger partial charge in [-0.2, -0.15) is 5.26 Å². The van der Waals surface area contributed by atoms with E-state index in [0.29, 0.717) is 5.02 Å². The fourth-order valence-corrected chi connectivity index (χ4v) is 0.983. The minimum absolute atomic E-state index is 0.253. The highest BCUT2D eigenvalue weighted by Gasteiger charge is 2.13. The van der Waals surface area contributed by atoms with Crippen molar-refractivity contribution in [2.24, 2.45) is 5.16 Å². The molecule has 0 aliphatic carbocycles. The number of nitrogens with zero attached hydrogens (tertiary/aromatic N) is 2. The van der Waals surface area contributed by atoms with E-state index < -0.39 is 11.5 Å². The second-order valence-electron chi connectivity index (χ2n) is 2.40. The standard InChI is InChI=1S/C9H5ClN2O2/c10-7-3-1-6(2-4-7)9(13)8(5-11)12-14/h1-4,14H/b12-8+. The van der Waals surface area contributed by atoms with E-state index in [2.05, 4.69) is 5.16 Å². The lowest BCUT2D eigenvalue weighted by atomic mass is 10.1. The molecule has 1 N–H and O–H groups in total. The van der Waals surface area contributed by atoms with Crippen LogP contribution in [0.25, 0.3) is 0 Å². The Kier molecular flexibility index (Phi) is 3.21. The summed E-state index contributed by atoms with van der Waals surface area (Å²) in [6.07, 6.45) is 0. The van der Waals surface area contributed by atoms with Crippen molar-refractivity contribution in [1.82, 2.24) is 0 Å². The lowest BCUT2D eigenvalue weighted by molar-refractivity contribution is 0.106. The summed E-state index contributed by atoms with van der Waals surface area (Å²) in [7, 11) is 0. The van der Waals surface area contributed by atoms with Crippen molar-refractivity contribution in [3.8, 4) is 6.07 Å². The van der Waals surface area contributed by atoms with E-state index in [-0.39, 0.29) is 5.56 Å². The monoisotopic (exact) mass is 208 g/mol. The topological polar surface area (TPSA) is 73.4 Å². The Morgan fingerprint density at radius 2 is 2.00 bits per heavy atom. The highest BCUT2D eigenvalue weighted by atomic mass is 35.5. The summed E-state index contributed by atoms with van der Waals surface area (Å²) in [5.74, 6) is -0.633. The maximum Gasteiger partial charge on any atom is 0.227 e. The maximum absolute atomic E-state index is 11.4. The zero-order valence-electron chi connectivity index (χ0n) is 6.94. The van der Waals surface area contributed by atoms with Crippen LogP contribution in [-0.2, 0) is 0 Å². The number of carbonyl (C=O) groups excluding carboxylic acids is 1. The molecular weight excluding hydrogens is 204 g/mol. The molecule has 0 radical (unpaired) electrons. The Morgan fingerprint density at radius 1 is 1.43 bits per heavy atom. The molecule has 0 saturated carbocycles. The number of carbonyl (C=O) groups is 1. The smallest absolute Gasteiger partial charge is 0.227 e. The minimum atomic E-state index is -0.633. The number of oxime groups is 1. The van der Waals surface area contributed by atoms with Crippen LogP contribution in [0.2, 0.25) is 5.02 Å². The van der Waals surface area contributed by atoms with Crippen LogP contribution in [0.1, 0.15) is 10.4 Å². The Morgan fingerprint density at radius 3 is 2.43 bits per heavy atom. The number of halogens is 1. The van der Waals surface area contributed by atoms with Crippen molar-refractivity contribution in [3.63, 3.8) is 0 Å². The fourth-order valence-electron chi connectivity index (χ4n) is 0.857. The third kappa shape index (κ3) is 2.09. The zero-order chi connectivity index (χ0) is 10.6. The highest BCUT2D eigenvalue weighted by molar-refractivity contribution is 6.51. The highest BCUT2D eigenvalue weighted by Crippen LogP contribution is 2.10. The quantitative estimate of drug-likeness (QED) is 0.349. The van der Waals surface area contributed by atoms with E-state index in [1.165, 1.54) is 30.3 Å². The first-order valence-electron chi connectivity index (χ1n) is 3.61. The molecule has 0 saturated heterocycles. The number of ketones is 1. The lowest BCUT2D eigenvalue weighted by Crippen LogP contribution is -2.11. The van der Waals surface area contributed by atoms with Crippen LogP contribution in [0.5, 0.6) is 0 Å². The molecule has 0 amide bonds. The third-order valence-electron chi connectivity index (χ3n) is 1.53. The van der Waals surface area contributed by atoms with Crippen molar-refractivity contribution in [1.29, 1.82) is 5.26 Å². The summed E-state index contributed by atoms with van der Waals surface area (Å²) in [5.41, 5.74) is -0.295. The first-order chi connectivity index (χ1) is 6.69. The molecule has 0 spiro atoms. The van der Waals surface area contributed by atoms with Crippen LogP contribution in [0.15, 0.2) is 29.4 Å². The number of rotatable bonds is 2. The Hall–Kier alpha value is -1.86. The summed E-state index contributed by atoms with van der Waals surface area (Å²) in [5, 5.41) is 19.8. The van der Waals surface area contributed by atoms with Crippen molar-refractivity contribution < 1.29 is 10.0 Å². The first-order valence-corrected chi connectivity index (χ1v) is 3.99. The molecule has 0 heterocycles. The van der Waals surface area contributed by atoms with Crippen LogP contribution < -0.4 is 0 Å². The van der Waals surface area contributed by atoms with Crippen molar-refractivity contribution in [3.05, 3.63) is 34.9 Å². The van der Waals surface area contributed by atoms with Gasteiger partial charge in [-0.3, -0.25) is 4.79 Å². The number of Topliss-reactive ketones (excluding diaryl/α,β-unsaturated/α-hetero) is 1. The van der Waals surface area contributed by atoms with Crippen molar-refractivity contribution >= 4 is 23.1 Å². The Balaban J connectivity index is 3.03. The molecule has 0 unspecified atom stereocenters. The van der Waals surface area contributed by atoms with Gasteiger partial charge >= 0.3 is 0 Å². The summed E-state index contributed by atoms with van der Waals surface area (Å²) in [6.45, 7) is 0. The molecule has 14 heavy (non-hydrogen) atoms. The molecule has 1 aromatic rings. The van der Waals surface area contributed by atoms with Crippen molar-refractivity contribution in [2.45, 2.75) is 0 Å². The summed E-state index contributed by atoms with van der Waals surface area (Å²) < 4.78 is 0. The molecule has 0 aliphatic heterocycles. The fraction of sp³-hybridized carbons (Fsp3) is 0. The van der Waals surface area contributed by atoms with E-state index in [0.717, 1.165) is 0 Å². The molecule has 4 nitrogen and oxygen atoms in total. The van der Waals surface area contributed by atoms with Crippen LogP contribution >= 0.6 is 11.6 Å². The summed E-state index contributed by atoms with van der Waals surface area (Å²) in [4.78, 5) is 11.4. The maximum atomic E-state index is 11.4. The minimum Gasteiger partial charge on any atom is -0.410 e. The molecule has 1 rings (SSSR count). The van der Waals surface area contributed by atoms with Gasteiger partial charge in [0.25, 0.3) is 0 Å². The molecule has 1 aromatic carbocycles. The van der Waals surface area contributed by atoms with E-state index in [4.69, 9.17) is 22.1 Å². The normalized spacial score (nSPS) is 10.7. The second-order valence-corrected chi connectivity index (χ2v) is 2.83. The van der Waals surface area contributed by atoms with Gasteiger partial charge in [0.2, 0.25) is 11.5 Å². The summed E-state index contributed by atoms with van der Waals surface area (Å²) in [6, 6.07) is 7.42. The second kappa shape index (κ2) is 4.40. The van der Waals surface area contributed by atoms with Crippen LogP contribution in [0, 0.1) is 11.3 Å². The van der Waals surface area contributed by atoms with E-state index in [1.54, 1.807) is 0 Å². The van der Waals surface area contributed by atoms with Crippen LogP contribution in [0.4, 0.5) is 0 Å². The number of nitriles is 1. The molecule has 70 valence electrons. The molecule has 0 aliphatic rings. The molecule has 5 heteroatoms. The van der Waals surface area contributed by atoms with Gasteiger partial charge in [0.05, 0.1) is 0 Å². The van der Waals surface area contributed by atoms with E-state index >= 15 is 0 Å². The van der Waals surface area contributed by atoms with Gasteiger partial charge in [-0.05, 0) is 24.3 Å². The van der Waals surface area contributed by atoms with Gasteiger partial charge in [-0.25, -0.2) is 0 Å². The molecule has 0 bridgehead atoms. The Bertz CT molecular complexity index is 417. The van der Waals surface area contributed by atoms with Crippen LogP contribution in [0.3, 0.4) is 0 Å². The average Bonchev–Trinajstić information content (AvgIpc) is 2.20.